The third kappa shape index (κ3) is 4.54. The Bertz CT molecular complexity index is 547. The topological polar surface area (TPSA) is 80.6 Å². The quantitative estimate of drug-likeness (QED) is 0.713. The molecule has 0 atom stereocenters. The van der Waals surface area contributed by atoms with Gasteiger partial charge in [0.1, 0.15) is 5.76 Å². The van der Waals surface area contributed by atoms with Crippen LogP contribution in [0, 0.1) is 0 Å². The molecule has 0 aliphatic heterocycles. The smallest absolute Gasteiger partial charge is 0.274 e. The predicted molar refractivity (Wildman–Crippen MR) is 79.5 cm³/mol. The second kappa shape index (κ2) is 6.91. The fourth-order valence-corrected chi connectivity index (χ4v) is 4.03. The first kappa shape index (κ1) is 16.5. The van der Waals surface area contributed by atoms with Crippen LogP contribution in [0.2, 0.25) is 0 Å². The number of hydrogen-bond donors (Lipinski definition) is 2. The van der Waals surface area contributed by atoms with Gasteiger partial charge < -0.3 is 14.5 Å². The predicted octanol–water partition coefficient (Wildman–Crippen LogP) is 1.63. The summed E-state index contributed by atoms with van der Waals surface area (Å²) in [5.74, 6) is 0.600. The highest BCUT2D eigenvalue weighted by molar-refractivity contribution is 7.89. The zero-order chi connectivity index (χ0) is 15.3. The second-order valence-electron chi connectivity index (χ2n) is 5.76. The maximum atomic E-state index is 12.3. The van der Waals surface area contributed by atoms with E-state index in [4.69, 9.17) is 9.15 Å². The Kier molecular flexibility index (Phi) is 5.43. The van der Waals surface area contributed by atoms with E-state index in [-0.39, 0.29) is 10.6 Å². The normalized spacial score (nSPS) is 18.2. The Morgan fingerprint density at radius 1 is 1.33 bits per heavy atom. The van der Waals surface area contributed by atoms with E-state index in [9.17, 15) is 8.42 Å². The van der Waals surface area contributed by atoms with Crippen LogP contribution in [0.3, 0.4) is 0 Å². The summed E-state index contributed by atoms with van der Waals surface area (Å²) in [4.78, 5) is 0. The number of nitrogens with one attached hydrogen (secondary N) is 2. The molecule has 1 aliphatic rings. The van der Waals surface area contributed by atoms with Gasteiger partial charge in [0.25, 0.3) is 10.0 Å². The average molecular weight is 316 g/mol. The fraction of sp³-hybridized carbons (Fsp3) is 0.714. The van der Waals surface area contributed by atoms with Gasteiger partial charge in [-0.2, -0.15) is 0 Å². The van der Waals surface area contributed by atoms with Crippen LogP contribution in [0.5, 0.6) is 0 Å². The average Bonchev–Trinajstić information content (AvgIpc) is 3.04. The third-order valence-corrected chi connectivity index (χ3v) is 5.28. The van der Waals surface area contributed by atoms with Crippen molar-refractivity contribution < 1.29 is 17.6 Å². The molecule has 1 aromatic heterocycles. The van der Waals surface area contributed by atoms with Crippen LogP contribution >= 0.6 is 0 Å². The Morgan fingerprint density at radius 2 is 2.05 bits per heavy atom. The first-order valence-electron chi connectivity index (χ1n) is 7.28. The number of ether oxygens (including phenoxy) is 1. The summed E-state index contributed by atoms with van der Waals surface area (Å²) < 4.78 is 37.8. The van der Waals surface area contributed by atoms with Gasteiger partial charge in [0.05, 0.1) is 13.2 Å². The molecule has 0 amide bonds. The monoisotopic (exact) mass is 316 g/mol. The van der Waals surface area contributed by atoms with E-state index in [1.54, 1.807) is 13.2 Å². The molecule has 7 heteroatoms. The van der Waals surface area contributed by atoms with E-state index in [1.165, 1.54) is 6.07 Å². The number of rotatable bonds is 8. The molecule has 2 N–H and O–H groups in total. The lowest BCUT2D eigenvalue weighted by molar-refractivity contribution is 0.198. The number of hydrogen-bond acceptors (Lipinski definition) is 5. The van der Waals surface area contributed by atoms with Crippen LogP contribution < -0.4 is 10.0 Å². The van der Waals surface area contributed by atoms with Crippen molar-refractivity contribution >= 4 is 10.0 Å². The summed E-state index contributed by atoms with van der Waals surface area (Å²) in [6.07, 6.45) is 3.87. The van der Waals surface area contributed by atoms with Crippen LogP contribution in [-0.4, -0.2) is 34.2 Å². The van der Waals surface area contributed by atoms with Crippen molar-refractivity contribution in [2.75, 3.05) is 20.3 Å². The van der Waals surface area contributed by atoms with Crippen molar-refractivity contribution in [2.45, 2.75) is 49.8 Å². The molecule has 6 nitrogen and oxygen atoms in total. The van der Waals surface area contributed by atoms with Crippen molar-refractivity contribution in [3.63, 3.8) is 0 Å². The van der Waals surface area contributed by atoms with E-state index >= 15 is 0 Å². The van der Waals surface area contributed by atoms with Gasteiger partial charge in [-0.25, -0.2) is 13.1 Å². The first-order chi connectivity index (χ1) is 9.95. The molecule has 0 aromatic carbocycles. The molecule has 1 heterocycles. The minimum absolute atomic E-state index is 0.0147. The van der Waals surface area contributed by atoms with Crippen molar-refractivity contribution in [1.82, 2.24) is 10.0 Å². The summed E-state index contributed by atoms with van der Waals surface area (Å²) >= 11 is 0. The van der Waals surface area contributed by atoms with Gasteiger partial charge in [0, 0.05) is 19.2 Å². The lowest BCUT2D eigenvalue weighted by Crippen LogP contribution is -2.43. The summed E-state index contributed by atoms with van der Waals surface area (Å²) in [5.41, 5.74) is -0.345. The van der Waals surface area contributed by atoms with E-state index in [0.717, 1.165) is 25.7 Å². The van der Waals surface area contributed by atoms with Gasteiger partial charge >= 0.3 is 0 Å². The maximum absolute atomic E-state index is 12.3. The van der Waals surface area contributed by atoms with E-state index in [2.05, 4.69) is 10.0 Å². The summed E-state index contributed by atoms with van der Waals surface area (Å²) in [6.45, 7) is 3.73. The Hall–Kier alpha value is -0.890. The standard InChI is InChI=1S/C14H24N2O4S/c1-14(7-3-4-8-14)16-21(17,18)13-6-5-12(20-13)11-15-9-10-19-2/h5-6,15-16H,3-4,7-11H2,1-2H3. The van der Waals surface area contributed by atoms with Gasteiger partial charge in [0.2, 0.25) is 5.09 Å². The van der Waals surface area contributed by atoms with Gasteiger partial charge in [-0.1, -0.05) is 12.8 Å². The maximum Gasteiger partial charge on any atom is 0.274 e. The van der Waals surface area contributed by atoms with Crippen LogP contribution in [0.1, 0.15) is 38.4 Å². The van der Waals surface area contributed by atoms with Crippen molar-refractivity contribution in [1.29, 1.82) is 0 Å². The summed E-state index contributed by atoms with van der Waals surface area (Å²) in [7, 11) is -1.95. The molecule has 0 spiro atoms. The van der Waals surface area contributed by atoms with Crippen molar-refractivity contribution in [3.05, 3.63) is 17.9 Å². The highest BCUT2D eigenvalue weighted by Gasteiger charge is 2.34. The molecule has 0 radical (unpaired) electrons. The zero-order valence-electron chi connectivity index (χ0n) is 12.6. The summed E-state index contributed by atoms with van der Waals surface area (Å²) in [6, 6.07) is 3.19. The highest BCUT2D eigenvalue weighted by Crippen LogP contribution is 2.30. The number of methoxy groups -OCH3 is 1. The fourth-order valence-electron chi connectivity index (χ4n) is 2.62. The second-order valence-corrected chi connectivity index (χ2v) is 7.38. The molecule has 0 bridgehead atoms. The molecule has 120 valence electrons. The Labute approximate surface area is 126 Å². The molecule has 1 aliphatic carbocycles. The van der Waals surface area contributed by atoms with Crippen LogP contribution in [0.25, 0.3) is 0 Å². The van der Waals surface area contributed by atoms with E-state index < -0.39 is 10.0 Å². The molecule has 2 rings (SSSR count). The minimum Gasteiger partial charge on any atom is -0.447 e. The van der Waals surface area contributed by atoms with Crippen LogP contribution in [0.15, 0.2) is 21.6 Å². The molecular formula is C14H24N2O4S. The van der Waals surface area contributed by atoms with Gasteiger partial charge in [-0.15, -0.1) is 0 Å². The summed E-state index contributed by atoms with van der Waals surface area (Å²) in [5, 5.41) is 3.10. The molecular weight excluding hydrogens is 292 g/mol. The Balaban J connectivity index is 1.95. The molecule has 0 saturated heterocycles. The minimum atomic E-state index is -3.59. The van der Waals surface area contributed by atoms with E-state index in [0.29, 0.717) is 25.5 Å². The number of sulfonamides is 1. The SMILES string of the molecule is COCCNCc1ccc(S(=O)(=O)NC2(C)CCCC2)o1. The van der Waals surface area contributed by atoms with Crippen molar-refractivity contribution in [3.8, 4) is 0 Å². The van der Waals surface area contributed by atoms with Crippen molar-refractivity contribution in [2.24, 2.45) is 0 Å². The first-order valence-corrected chi connectivity index (χ1v) is 8.76. The molecule has 1 fully saturated rings. The molecule has 0 unspecified atom stereocenters. The highest BCUT2D eigenvalue weighted by atomic mass is 32.2. The lowest BCUT2D eigenvalue weighted by atomic mass is 10.0. The largest absolute Gasteiger partial charge is 0.447 e. The van der Waals surface area contributed by atoms with Gasteiger partial charge in [-0.05, 0) is 31.9 Å². The van der Waals surface area contributed by atoms with Gasteiger partial charge in [0.15, 0.2) is 0 Å². The lowest BCUT2D eigenvalue weighted by Gasteiger charge is -2.23. The van der Waals surface area contributed by atoms with Crippen LogP contribution in [-0.2, 0) is 21.3 Å². The van der Waals surface area contributed by atoms with Gasteiger partial charge in [-0.3, -0.25) is 0 Å². The molecule has 21 heavy (non-hydrogen) atoms. The third-order valence-electron chi connectivity index (χ3n) is 3.77. The number of furan rings is 1. The molecule has 1 saturated carbocycles. The van der Waals surface area contributed by atoms with Crippen LogP contribution in [0.4, 0.5) is 0 Å². The van der Waals surface area contributed by atoms with E-state index in [1.807, 2.05) is 6.92 Å². The zero-order valence-corrected chi connectivity index (χ0v) is 13.5. The Morgan fingerprint density at radius 3 is 2.71 bits per heavy atom. The molecule has 1 aromatic rings.